The maximum Gasteiger partial charge on any atom is 0.195 e. The van der Waals surface area contributed by atoms with Crippen LogP contribution in [0.2, 0.25) is 0 Å². The molecule has 1 aromatic heterocycles. The van der Waals surface area contributed by atoms with E-state index in [1.165, 1.54) is 24.1 Å². The third-order valence-corrected chi connectivity index (χ3v) is 4.36. The van der Waals surface area contributed by atoms with Crippen LogP contribution in [0.3, 0.4) is 0 Å². The van der Waals surface area contributed by atoms with Gasteiger partial charge in [-0.05, 0) is 43.0 Å². The molecule has 0 unspecified atom stereocenters. The highest BCUT2D eigenvalue weighted by molar-refractivity contribution is 5.77. The average molecular weight is 292 g/mol. The summed E-state index contributed by atoms with van der Waals surface area (Å²) < 4.78 is 5.88. The molecule has 1 fully saturated rings. The van der Waals surface area contributed by atoms with Crippen LogP contribution >= 0.6 is 0 Å². The molecule has 0 aliphatic carbocycles. The summed E-state index contributed by atoms with van der Waals surface area (Å²) in [5, 5.41) is 0. The lowest BCUT2D eigenvalue weighted by Crippen LogP contribution is -2.17. The molecule has 0 atom stereocenters. The number of hydrogen-bond acceptors (Lipinski definition) is 3. The van der Waals surface area contributed by atoms with Gasteiger partial charge in [-0.25, -0.2) is 4.98 Å². The maximum absolute atomic E-state index is 5.88. The van der Waals surface area contributed by atoms with Crippen LogP contribution in [-0.4, -0.2) is 18.1 Å². The molecule has 3 aromatic rings. The molecule has 22 heavy (non-hydrogen) atoms. The van der Waals surface area contributed by atoms with Gasteiger partial charge in [0.25, 0.3) is 0 Å². The minimum atomic E-state index is 0.831. The van der Waals surface area contributed by atoms with Gasteiger partial charge < -0.3 is 9.32 Å². The predicted molar refractivity (Wildman–Crippen MR) is 89.3 cm³/mol. The average Bonchev–Trinajstić information content (AvgIpc) is 3.22. The number of benzene rings is 2. The lowest BCUT2D eigenvalue weighted by atomic mass is 10.1. The standard InChI is InChI=1S/C19H20N2O/c1-2-6-15(7-3-1)8-11-19-20-17-14-16(9-10-18(17)22-19)21-12-4-5-13-21/h1-3,6-7,9-10,14H,4-5,8,11-13H2. The molecule has 112 valence electrons. The number of nitrogens with zero attached hydrogens (tertiary/aromatic N) is 2. The second-order valence-electron chi connectivity index (χ2n) is 5.94. The van der Waals surface area contributed by atoms with Gasteiger partial charge in [-0.3, -0.25) is 0 Å². The Balaban J connectivity index is 1.52. The number of anilines is 1. The molecule has 4 rings (SSSR count). The summed E-state index contributed by atoms with van der Waals surface area (Å²) in [4.78, 5) is 7.09. The molecule has 3 nitrogen and oxygen atoms in total. The molecule has 0 amide bonds. The monoisotopic (exact) mass is 292 g/mol. The second kappa shape index (κ2) is 5.84. The topological polar surface area (TPSA) is 29.3 Å². The lowest BCUT2D eigenvalue weighted by molar-refractivity contribution is 0.528. The summed E-state index contributed by atoms with van der Waals surface area (Å²) in [6, 6.07) is 16.9. The van der Waals surface area contributed by atoms with Crippen molar-refractivity contribution in [3.8, 4) is 0 Å². The van der Waals surface area contributed by atoms with E-state index in [0.717, 1.165) is 42.9 Å². The molecule has 1 aliphatic heterocycles. The fourth-order valence-corrected chi connectivity index (χ4v) is 3.14. The molecule has 2 aromatic carbocycles. The number of fused-ring (bicyclic) bond motifs is 1. The zero-order valence-electron chi connectivity index (χ0n) is 12.7. The minimum Gasteiger partial charge on any atom is -0.441 e. The van der Waals surface area contributed by atoms with Crippen LogP contribution in [-0.2, 0) is 12.8 Å². The maximum atomic E-state index is 5.88. The number of rotatable bonds is 4. The highest BCUT2D eigenvalue weighted by atomic mass is 16.3. The van der Waals surface area contributed by atoms with Crippen LogP contribution in [0.5, 0.6) is 0 Å². The van der Waals surface area contributed by atoms with Crippen molar-refractivity contribution < 1.29 is 4.42 Å². The van der Waals surface area contributed by atoms with E-state index in [4.69, 9.17) is 4.42 Å². The fourth-order valence-electron chi connectivity index (χ4n) is 3.14. The number of aryl methyl sites for hydroxylation is 2. The highest BCUT2D eigenvalue weighted by Gasteiger charge is 2.14. The summed E-state index contributed by atoms with van der Waals surface area (Å²) in [6.07, 6.45) is 4.39. The van der Waals surface area contributed by atoms with Crippen molar-refractivity contribution in [3.05, 3.63) is 60.0 Å². The van der Waals surface area contributed by atoms with E-state index in [1.54, 1.807) is 0 Å². The van der Waals surface area contributed by atoms with E-state index in [0.29, 0.717) is 0 Å². The summed E-state index contributed by atoms with van der Waals surface area (Å²) in [5.74, 6) is 0.831. The third-order valence-electron chi connectivity index (χ3n) is 4.36. The van der Waals surface area contributed by atoms with Gasteiger partial charge in [0.05, 0.1) is 0 Å². The Morgan fingerprint density at radius 1 is 0.955 bits per heavy atom. The van der Waals surface area contributed by atoms with Crippen LogP contribution < -0.4 is 4.90 Å². The summed E-state index contributed by atoms with van der Waals surface area (Å²) >= 11 is 0. The normalized spacial score (nSPS) is 14.8. The number of aromatic nitrogens is 1. The molecule has 0 spiro atoms. The Bertz CT molecular complexity index is 757. The predicted octanol–water partition coefficient (Wildman–Crippen LogP) is 4.21. The van der Waals surface area contributed by atoms with Crippen LogP contribution in [0.4, 0.5) is 5.69 Å². The largest absolute Gasteiger partial charge is 0.441 e. The first-order valence-electron chi connectivity index (χ1n) is 8.07. The molecular weight excluding hydrogens is 272 g/mol. The quantitative estimate of drug-likeness (QED) is 0.721. The Hall–Kier alpha value is -2.29. The van der Waals surface area contributed by atoms with E-state index >= 15 is 0 Å². The van der Waals surface area contributed by atoms with Crippen molar-refractivity contribution in [2.45, 2.75) is 25.7 Å². The first-order chi connectivity index (χ1) is 10.9. The molecule has 1 aliphatic rings. The minimum absolute atomic E-state index is 0.831. The fraction of sp³-hybridized carbons (Fsp3) is 0.316. The van der Waals surface area contributed by atoms with E-state index < -0.39 is 0 Å². The summed E-state index contributed by atoms with van der Waals surface area (Å²) in [5.41, 5.74) is 4.47. The van der Waals surface area contributed by atoms with Gasteiger partial charge in [0.1, 0.15) is 5.52 Å². The zero-order chi connectivity index (χ0) is 14.8. The van der Waals surface area contributed by atoms with Gasteiger partial charge in [-0.2, -0.15) is 0 Å². The highest BCUT2D eigenvalue weighted by Crippen LogP contribution is 2.25. The van der Waals surface area contributed by atoms with Crippen molar-refractivity contribution in [3.63, 3.8) is 0 Å². The van der Waals surface area contributed by atoms with E-state index in [1.807, 2.05) is 6.07 Å². The van der Waals surface area contributed by atoms with E-state index in [2.05, 4.69) is 52.3 Å². The van der Waals surface area contributed by atoms with Gasteiger partial charge >= 0.3 is 0 Å². The van der Waals surface area contributed by atoms with Crippen molar-refractivity contribution in [1.82, 2.24) is 4.98 Å². The molecule has 0 saturated carbocycles. The smallest absolute Gasteiger partial charge is 0.195 e. The zero-order valence-corrected chi connectivity index (χ0v) is 12.7. The SMILES string of the molecule is c1ccc(CCc2nc3cc(N4CCCC4)ccc3o2)cc1. The molecular formula is C19H20N2O. The van der Waals surface area contributed by atoms with Crippen LogP contribution in [0.1, 0.15) is 24.3 Å². The van der Waals surface area contributed by atoms with Gasteiger partial charge in [0.2, 0.25) is 0 Å². The Morgan fingerprint density at radius 2 is 1.77 bits per heavy atom. The van der Waals surface area contributed by atoms with Crippen LogP contribution in [0, 0.1) is 0 Å². The molecule has 1 saturated heterocycles. The van der Waals surface area contributed by atoms with Gasteiger partial charge in [-0.15, -0.1) is 0 Å². The number of hydrogen-bond donors (Lipinski definition) is 0. The van der Waals surface area contributed by atoms with E-state index in [-0.39, 0.29) is 0 Å². The molecule has 2 heterocycles. The first-order valence-corrected chi connectivity index (χ1v) is 8.07. The Kier molecular flexibility index (Phi) is 3.55. The van der Waals surface area contributed by atoms with Gasteiger partial charge in [0, 0.05) is 25.2 Å². The number of oxazole rings is 1. The van der Waals surface area contributed by atoms with E-state index in [9.17, 15) is 0 Å². The summed E-state index contributed by atoms with van der Waals surface area (Å²) in [7, 11) is 0. The molecule has 3 heteroatoms. The second-order valence-corrected chi connectivity index (χ2v) is 5.94. The van der Waals surface area contributed by atoms with Gasteiger partial charge in [-0.1, -0.05) is 30.3 Å². The Labute approximate surface area is 130 Å². The first kappa shape index (κ1) is 13.4. The molecule has 0 radical (unpaired) electrons. The summed E-state index contributed by atoms with van der Waals surface area (Å²) in [6.45, 7) is 2.31. The Morgan fingerprint density at radius 3 is 2.59 bits per heavy atom. The van der Waals surface area contributed by atoms with Crippen LogP contribution in [0.15, 0.2) is 52.9 Å². The molecule has 0 N–H and O–H groups in total. The van der Waals surface area contributed by atoms with Crippen molar-refractivity contribution in [2.24, 2.45) is 0 Å². The van der Waals surface area contributed by atoms with Crippen LogP contribution in [0.25, 0.3) is 11.1 Å². The van der Waals surface area contributed by atoms with Gasteiger partial charge in [0.15, 0.2) is 11.5 Å². The molecule has 0 bridgehead atoms. The van der Waals surface area contributed by atoms with Crippen molar-refractivity contribution in [2.75, 3.05) is 18.0 Å². The lowest BCUT2D eigenvalue weighted by Gasteiger charge is -2.16. The van der Waals surface area contributed by atoms with Crippen molar-refractivity contribution >= 4 is 16.8 Å². The third kappa shape index (κ3) is 2.71. The van der Waals surface area contributed by atoms with Crippen molar-refractivity contribution in [1.29, 1.82) is 0 Å².